The number of aliphatic carboxylic acids is 1. The number of methoxy groups -OCH3 is 1. The van der Waals surface area contributed by atoms with Crippen LogP contribution in [0.25, 0.3) is 0 Å². The van der Waals surface area contributed by atoms with Gasteiger partial charge in [0.25, 0.3) is 0 Å². The number of hydrogen-bond acceptors (Lipinski definition) is 5. The predicted molar refractivity (Wildman–Crippen MR) is 87.3 cm³/mol. The molecule has 0 aliphatic rings. The molecule has 0 bridgehead atoms. The van der Waals surface area contributed by atoms with Gasteiger partial charge in [-0.15, -0.1) is 11.3 Å². The monoisotopic (exact) mass is 355 g/mol. The van der Waals surface area contributed by atoms with E-state index in [0.717, 1.165) is 4.88 Å². The average molecular weight is 355 g/mol. The Hall–Kier alpha value is -1.90. The number of carboxylic acid groups (broad SMARTS) is 1. The van der Waals surface area contributed by atoms with E-state index in [4.69, 9.17) is 9.84 Å². The zero-order chi connectivity index (χ0) is 17.0. The van der Waals surface area contributed by atoms with Crippen LogP contribution in [0.2, 0.25) is 0 Å². The van der Waals surface area contributed by atoms with Crippen LogP contribution < -0.4 is 4.74 Å². The lowest BCUT2D eigenvalue weighted by Crippen LogP contribution is -2.27. The van der Waals surface area contributed by atoms with Crippen molar-refractivity contribution in [2.45, 2.75) is 17.9 Å². The van der Waals surface area contributed by atoms with E-state index in [1.54, 1.807) is 0 Å². The normalized spacial score (nSPS) is 11.6. The largest absolute Gasteiger partial charge is 0.497 e. The second-order valence-corrected chi connectivity index (χ2v) is 7.93. The maximum atomic E-state index is 12.8. The van der Waals surface area contributed by atoms with Gasteiger partial charge in [-0.1, -0.05) is 6.07 Å². The van der Waals surface area contributed by atoms with E-state index < -0.39 is 22.4 Å². The summed E-state index contributed by atoms with van der Waals surface area (Å²) >= 11 is 1.46. The zero-order valence-electron chi connectivity index (χ0n) is 12.7. The third-order valence-electron chi connectivity index (χ3n) is 3.26. The van der Waals surface area contributed by atoms with Crippen LogP contribution in [0, 0.1) is 0 Å². The van der Waals surface area contributed by atoms with Crippen molar-refractivity contribution in [2.75, 3.05) is 14.2 Å². The molecule has 8 heteroatoms. The van der Waals surface area contributed by atoms with Gasteiger partial charge in [0.2, 0.25) is 10.0 Å². The van der Waals surface area contributed by atoms with Gasteiger partial charge in [0.05, 0.1) is 18.4 Å². The first kappa shape index (κ1) is 17.5. The zero-order valence-corrected chi connectivity index (χ0v) is 14.4. The summed E-state index contributed by atoms with van der Waals surface area (Å²) in [5.74, 6) is -0.684. The summed E-state index contributed by atoms with van der Waals surface area (Å²) in [6, 6.07) is 8.04. The maximum Gasteiger partial charge on any atom is 0.307 e. The van der Waals surface area contributed by atoms with Crippen LogP contribution >= 0.6 is 11.3 Å². The molecule has 6 nitrogen and oxygen atoms in total. The van der Waals surface area contributed by atoms with Crippen LogP contribution in [0.3, 0.4) is 0 Å². The van der Waals surface area contributed by atoms with Crippen LogP contribution in [0.1, 0.15) is 10.4 Å². The molecule has 0 radical (unpaired) electrons. The van der Waals surface area contributed by atoms with Gasteiger partial charge >= 0.3 is 5.97 Å². The Kier molecular flexibility index (Phi) is 5.40. The highest BCUT2D eigenvalue weighted by atomic mass is 32.2. The van der Waals surface area contributed by atoms with Crippen molar-refractivity contribution in [3.05, 3.63) is 46.2 Å². The molecule has 0 unspecified atom stereocenters. The number of carbonyl (C=O) groups is 1. The SMILES string of the molecule is COc1ccc(S(=O)(=O)N(C)Cc2cccs2)c(CC(=O)O)c1. The van der Waals surface area contributed by atoms with Crippen molar-refractivity contribution >= 4 is 27.3 Å². The molecule has 0 aliphatic heterocycles. The van der Waals surface area contributed by atoms with Gasteiger partial charge in [0.1, 0.15) is 5.75 Å². The molecule has 1 aromatic carbocycles. The summed E-state index contributed by atoms with van der Waals surface area (Å²) in [5.41, 5.74) is 0.204. The van der Waals surface area contributed by atoms with E-state index in [0.29, 0.717) is 5.75 Å². The van der Waals surface area contributed by atoms with Crippen molar-refractivity contribution in [3.8, 4) is 5.75 Å². The number of ether oxygens (including phenoxy) is 1. The second-order valence-electron chi connectivity index (χ2n) is 4.88. The molecular formula is C15H17NO5S2. The molecule has 0 atom stereocenters. The molecule has 2 aromatic rings. The summed E-state index contributed by atoms with van der Waals surface area (Å²) in [6.07, 6.45) is -0.390. The van der Waals surface area contributed by atoms with Crippen LogP contribution in [-0.4, -0.2) is 38.0 Å². The van der Waals surface area contributed by atoms with Crippen molar-refractivity contribution in [1.82, 2.24) is 4.31 Å². The molecule has 0 fully saturated rings. The van der Waals surface area contributed by atoms with Crippen LogP contribution in [0.5, 0.6) is 5.75 Å². The van der Waals surface area contributed by atoms with E-state index in [9.17, 15) is 13.2 Å². The Bertz CT molecular complexity index is 784. The second kappa shape index (κ2) is 7.12. The highest BCUT2D eigenvalue weighted by Gasteiger charge is 2.25. The van der Waals surface area contributed by atoms with Gasteiger partial charge in [0, 0.05) is 18.5 Å². The van der Waals surface area contributed by atoms with Gasteiger partial charge in [-0.3, -0.25) is 4.79 Å². The molecule has 0 aliphatic carbocycles. The van der Waals surface area contributed by atoms with Gasteiger partial charge < -0.3 is 9.84 Å². The molecular weight excluding hydrogens is 338 g/mol. The smallest absolute Gasteiger partial charge is 0.307 e. The summed E-state index contributed by atoms with van der Waals surface area (Å²) in [7, 11) is -0.878. The Labute approximate surface area is 139 Å². The summed E-state index contributed by atoms with van der Waals surface area (Å²) in [4.78, 5) is 11.9. The van der Waals surface area contributed by atoms with E-state index in [2.05, 4.69) is 0 Å². The third-order valence-corrected chi connectivity index (χ3v) is 6.02. The first-order valence-corrected chi connectivity index (χ1v) is 9.04. The minimum absolute atomic E-state index is 0.0141. The van der Waals surface area contributed by atoms with E-state index in [1.807, 2.05) is 17.5 Å². The predicted octanol–water partition coefficient (Wildman–Crippen LogP) is 2.20. The third kappa shape index (κ3) is 4.10. The molecule has 0 saturated carbocycles. The summed E-state index contributed by atoms with van der Waals surface area (Å²) in [5, 5.41) is 10.9. The van der Waals surface area contributed by atoms with Gasteiger partial charge in [-0.25, -0.2) is 8.42 Å². The number of hydrogen-bond donors (Lipinski definition) is 1. The molecule has 23 heavy (non-hydrogen) atoms. The summed E-state index contributed by atoms with van der Waals surface area (Å²) < 4.78 is 31.8. The molecule has 2 rings (SSSR count). The van der Waals surface area contributed by atoms with Gasteiger partial charge in [-0.2, -0.15) is 4.31 Å². The fraction of sp³-hybridized carbons (Fsp3) is 0.267. The first-order chi connectivity index (χ1) is 10.8. The van der Waals surface area contributed by atoms with Crippen molar-refractivity contribution in [3.63, 3.8) is 0 Å². The van der Waals surface area contributed by atoms with Crippen molar-refractivity contribution < 1.29 is 23.1 Å². The standard InChI is InChI=1S/C15H17NO5S2/c1-16(10-13-4-3-7-22-13)23(19,20)14-6-5-12(21-2)8-11(14)9-15(17)18/h3-8H,9-10H2,1-2H3,(H,17,18). The maximum absolute atomic E-state index is 12.8. The van der Waals surface area contributed by atoms with E-state index in [1.165, 1.54) is 48.0 Å². The number of thiophene rings is 1. The fourth-order valence-electron chi connectivity index (χ4n) is 2.11. The lowest BCUT2D eigenvalue weighted by Gasteiger charge is -2.19. The quantitative estimate of drug-likeness (QED) is 0.823. The highest BCUT2D eigenvalue weighted by Crippen LogP contribution is 2.26. The molecule has 0 spiro atoms. The van der Waals surface area contributed by atoms with E-state index >= 15 is 0 Å². The van der Waals surface area contributed by atoms with Crippen molar-refractivity contribution in [1.29, 1.82) is 0 Å². The Morgan fingerprint density at radius 1 is 1.35 bits per heavy atom. The van der Waals surface area contributed by atoms with Gasteiger partial charge in [-0.05, 0) is 35.2 Å². The van der Waals surface area contributed by atoms with Crippen LogP contribution in [0.15, 0.2) is 40.6 Å². The Morgan fingerprint density at radius 2 is 2.09 bits per heavy atom. The Balaban J connectivity index is 2.39. The Morgan fingerprint density at radius 3 is 2.65 bits per heavy atom. The highest BCUT2D eigenvalue weighted by molar-refractivity contribution is 7.89. The number of carboxylic acids is 1. The molecule has 124 valence electrons. The average Bonchev–Trinajstić information content (AvgIpc) is 2.99. The van der Waals surface area contributed by atoms with Crippen molar-refractivity contribution in [2.24, 2.45) is 0 Å². The minimum atomic E-state index is -3.80. The molecule has 1 N–H and O–H groups in total. The molecule has 1 aromatic heterocycles. The first-order valence-electron chi connectivity index (χ1n) is 6.72. The molecule has 0 amide bonds. The van der Waals surface area contributed by atoms with Crippen LogP contribution in [-0.2, 0) is 27.8 Å². The lowest BCUT2D eigenvalue weighted by atomic mass is 10.1. The fourth-order valence-corrected chi connectivity index (χ4v) is 4.30. The molecule has 1 heterocycles. The molecule has 0 saturated heterocycles. The lowest BCUT2D eigenvalue weighted by molar-refractivity contribution is -0.136. The van der Waals surface area contributed by atoms with Crippen LogP contribution in [0.4, 0.5) is 0 Å². The number of nitrogens with zero attached hydrogens (tertiary/aromatic N) is 1. The summed E-state index contributed by atoms with van der Waals surface area (Å²) in [6.45, 7) is 0.235. The number of rotatable bonds is 7. The van der Waals surface area contributed by atoms with Gasteiger partial charge in [0.15, 0.2) is 0 Å². The minimum Gasteiger partial charge on any atom is -0.497 e. The number of sulfonamides is 1. The topological polar surface area (TPSA) is 83.9 Å². The van der Waals surface area contributed by atoms with E-state index in [-0.39, 0.29) is 17.0 Å². The number of benzene rings is 1.